The van der Waals surface area contributed by atoms with Crippen LogP contribution in [0.25, 0.3) is 0 Å². The van der Waals surface area contributed by atoms with Crippen molar-refractivity contribution in [2.24, 2.45) is 0 Å². The van der Waals surface area contributed by atoms with E-state index in [1.807, 2.05) is 6.07 Å². The van der Waals surface area contributed by atoms with E-state index in [1.54, 1.807) is 0 Å². The van der Waals surface area contributed by atoms with Gasteiger partial charge in [-0.1, -0.05) is 23.4 Å². The number of hydrogen-bond acceptors (Lipinski definition) is 3. The summed E-state index contributed by atoms with van der Waals surface area (Å²) in [4.78, 5) is 7.47. The Kier molecular flexibility index (Phi) is 3.07. The third-order valence-electron chi connectivity index (χ3n) is 1.05. The first-order valence-corrected chi connectivity index (χ1v) is 3.53. The van der Waals surface area contributed by atoms with E-state index in [0.29, 0.717) is 10.7 Å². The van der Waals surface area contributed by atoms with Crippen molar-refractivity contribution in [2.75, 3.05) is 0 Å². The maximum Gasteiger partial charge on any atom is 0.148 e. The molecule has 0 aromatic carbocycles. The minimum Gasteiger partial charge on any atom is -0.243 e. The molecule has 0 aliphatic heterocycles. The minimum atomic E-state index is 0.186. The topological polar surface area (TPSA) is 49.6 Å². The molecule has 0 bridgehead atoms. The Morgan fingerprint density at radius 3 is 3.08 bits per heavy atom. The molecule has 0 fully saturated rings. The van der Waals surface area contributed by atoms with Crippen LogP contribution >= 0.6 is 11.6 Å². The molecule has 0 N–H and O–H groups in total. The maximum atomic E-state index is 8.20. The fourth-order valence-electron chi connectivity index (χ4n) is 0.577. The fraction of sp³-hybridized carbons (Fsp3) is 0.125. The first-order valence-electron chi connectivity index (χ1n) is 3.16. The molecule has 0 saturated heterocycles. The molecule has 0 saturated carbocycles. The second-order valence-electron chi connectivity index (χ2n) is 1.86. The van der Waals surface area contributed by atoms with E-state index in [-0.39, 0.29) is 6.42 Å². The summed E-state index contributed by atoms with van der Waals surface area (Å²) < 4.78 is 0. The molecule has 1 aromatic heterocycles. The van der Waals surface area contributed by atoms with Crippen LogP contribution in [0.2, 0.25) is 5.15 Å². The molecule has 4 heteroatoms. The van der Waals surface area contributed by atoms with Crippen molar-refractivity contribution in [3.63, 3.8) is 0 Å². The van der Waals surface area contributed by atoms with Crippen molar-refractivity contribution in [2.45, 2.75) is 6.42 Å². The molecular formula is C8H4ClN3. The minimum absolute atomic E-state index is 0.186. The Labute approximate surface area is 75.0 Å². The average Bonchev–Trinajstić information content (AvgIpc) is 2.09. The predicted octanol–water partition coefficient (Wildman–Crippen LogP) is 1.40. The molecule has 3 nitrogen and oxygen atoms in total. The lowest BCUT2D eigenvalue weighted by Crippen LogP contribution is -1.83. The smallest absolute Gasteiger partial charge is 0.148 e. The average molecular weight is 178 g/mol. The maximum absolute atomic E-state index is 8.20. The normalized spacial score (nSPS) is 8.00. The van der Waals surface area contributed by atoms with Gasteiger partial charge >= 0.3 is 0 Å². The Morgan fingerprint density at radius 2 is 2.42 bits per heavy atom. The van der Waals surface area contributed by atoms with E-state index in [4.69, 9.17) is 16.9 Å². The van der Waals surface area contributed by atoms with Gasteiger partial charge in [0.1, 0.15) is 11.5 Å². The van der Waals surface area contributed by atoms with Crippen LogP contribution in [-0.2, 0) is 0 Å². The molecule has 0 radical (unpaired) electrons. The first kappa shape index (κ1) is 8.52. The van der Waals surface area contributed by atoms with Crippen molar-refractivity contribution in [3.05, 3.63) is 23.2 Å². The molecule has 1 rings (SSSR count). The quantitative estimate of drug-likeness (QED) is 0.445. The number of rotatable bonds is 0. The van der Waals surface area contributed by atoms with Crippen LogP contribution in [0.4, 0.5) is 0 Å². The molecule has 1 aromatic rings. The standard InChI is InChI=1S/C8H4ClN3/c9-8-7(3-1-2-4-10)5-11-6-12-8/h5-6H,2H2. The molecule has 0 aliphatic carbocycles. The Balaban J connectivity index is 2.86. The third-order valence-corrected chi connectivity index (χ3v) is 1.36. The monoisotopic (exact) mass is 177 g/mol. The van der Waals surface area contributed by atoms with Crippen molar-refractivity contribution in [3.8, 4) is 17.9 Å². The van der Waals surface area contributed by atoms with Crippen molar-refractivity contribution < 1.29 is 0 Å². The lowest BCUT2D eigenvalue weighted by molar-refractivity contribution is 1.16. The summed E-state index contributed by atoms with van der Waals surface area (Å²) in [6.07, 6.45) is 3.04. The SMILES string of the molecule is N#CCC#Cc1cncnc1Cl. The summed E-state index contributed by atoms with van der Waals surface area (Å²) in [5.74, 6) is 5.30. The zero-order valence-electron chi connectivity index (χ0n) is 6.08. The molecule has 0 spiro atoms. The summed E-state index contributed by atoms with van der Waals surface area (Å²) in [5.41, 5.74) is 0.550. The van der Waals surface area contributed by atoms with Crippen LogP contribution in [0.5, 0.6) is 0 Å². The van der Waals surface area contributed by atoms with Gasteiger partial charge in [-0.3, -0.25) is 0 Å². The Bertz CT molecular complexity index is 370. The third kappa shape index (κ3) is 2.23. The van der Waals surface area contributed by atoms with E-state index in [9.17, 15) is 0 Å². The second kappa shape index (κ2) is 4.33. The predicted molar refractivity (Wildman–Crippen MR) is 44.2 cm³/mol. The van der Waals surface area contributed by atoms with Gasteiger partial charge in [-0.25, -0.2) is 9.97 Å². The summed E-state index contributed by atoms with van der Waals surface area (Å²) in [5, 5.41) is 8.51. The van der Waals surface area contributed by atoms with Crippen LogP contribution in [0.1, 0.15) is 12.0 Å². The molecular weight excluding hydrogens is 174 g/mol. The van der Waals surface area contributed by atoms with Gasteiger partial charge in [-0.2, -0.15) is 5.26 Å². The van der Waals surface area contributed by atoms with E-state index in [1.165, 1.54) is 12.5 Å². The van der Waals surface area contributed by atoms with Crippen molar-refractivity contribution in [1.29, 1.82) is 5.26 Å². The van der Waals surface area contributed by atoms with Gasteiger partial charge in [0, 0.05) is 6.20 Å². The zero-order chi connectivity index (χ0) is 8.81. The first-order chi connectivity index (χ1) is 5.84. The lowest BCUT2D eigenvalue weighted by atomic mass is 10.3. The lowest BCUT2D eigenvalue weighted by Gasteiger charge is -1.89. The Morgan fingerprint density at radius 1 is 1.58 bits per heavy atom. The highest BCUT2D eigenvalue weighted by Gasteiger charge is 1.94. The second-order valence-corrected chi connectivity index (χ2v) is 2.22. The molecule has 58 valence electrons. The molecule has 0 amide bonds. The molecule has 0 aliphatic rings. The largest absolute Gasteiger partial charge is 0.243 e. The van der Waals surface area contributed by atoms with Gasteiger partial charge in [0.15, 0.2) is 0 Å². The van der Waals surface area contributed by atoms with Crippen molar-refractivity contribution in [1.82, 2.24) is 9.97 Å². The fourth-order valence-corrected chi connectivity index (χ4v) is 0.717. The number of nitrogens with zero attached hydrogens (tertiary/aromatic N) is 3. The summed E-state index contributed by atoms with van der Waals surface area (Å²) in [6.45, 7) is 0. The summed E-state index contributed by atoms with van der Waals surface area (Å²) in [6, 6.07) is 1.90. The summed E-state index contributed by atoms with van der Waals surface area (Å²) in [7, 11) is 0. The summed E-state index contributed by atoms with van der Waals surface area (Å²) >= 11 is 5.67. The van der Waals surface area contributed by atoms with E-state index in [2.05, 4.69) is 21.8 Å². The van der Waals surface area contributed by atoms with E-state index in [0.717, 1.165) is 0 Å². The van der Waals surface area contributed by atoms with Crippen LogP contribution < -0.4 is 0 Å². The van der Waals surface area contributed by atoms with Gasteiger partial charge in [-0.05, 0) is 0 Å². The van der Waals surface area contributed by atoms with Crippen LogP contribution in [0.15, 0.2) is 12.5 Å². The van der Waals surface area contributed by atoms with Crippen molar-refractivity contribution >= 4 is 11.6 Å². The zero-order valence-corrected chi connectivity index (χ0v) is 6.84. The number of hydrogen-bond donors (Lipinski definition) is 0. The van der Waals surface area contributed by atoms with Gasteiger partial charge in [0.2, 0.25) is 0 Å². The number of nitriles is 1. The molecule has 12 heavy (non-hydrogen) atoms. The molecule has 0 unspecified atom stereocenters. The highest BCUT2D eigenvalue weighted by molar-refractivity contribution is 6.30. The van der Waals surface area contributed by atoms with Crippen LogP contribution in [0, 0.1) is 23.2 Å². The highest BCUT2D eigenvalue weighted by atomic mass is 35.5. The van der Waals surface area contributed by atoms with E-state index < -0.39 is 0 Å². The van der Waals surface area contributed by atoms with Gasteiger partial charge < -0.3 is 0 Å². The van der Waals surface area contributed by atoms with Crippen LogP contribution in [0.3, 0.4) is 0 Å². The Hall–Kier alpha value is -1.58. The highest BCUT2D eigenvalue weighted by Crippen LogP contribution is 2.07. The van der Waals surface area contributed by atoms with Gasteiger partial charge in [-0.15, -0.1) is 0 Å². The molecule has 0 atom stereocenters. The number of halogens is 1. The number of aromatic nitrogens is 2. The van der Waals surface area contributed by atoms with Gasteiger partial charge in [0.25, 0.3) is 0 Å². The molecule has 1 heterocycles. The van der Waals surface area contributed by atoms with Crippen LogP contribution in [-0.4, -0.2) is 9.97 Å². The van der Waals surface area contributed by atoms with E-state index >= 15 is 0 Å². The van der Waals surface area contributed by atoms with Gasteiger partial charge in [0.05, 0.1) is 18.1 Å².